The molecule has 0 aliphatic heterocycles. The molecule has 4 nitrogen and oxygen atoms in total. The van der Waals surface area contributed by atoms with Crippen LogP contribution >= 0.6 is 0 Å². The highest BCUT2D eigenvalue weighted by molar-refractivity contribution is 5.69. The Balaban J connectivity index is 1.90. The molecule has 0 bridgehead atoms. The molecule has 2 fully saturated rings. The molecular weight excluding hydrogens is 436 g/mol. The number of fused-ring (bicyclic) bond motifs is 1. The first-order valence-corrected chi connectivity index (χ1v) is 13.9. The third kappa shape index (κ3) is 5.17. The van der Waals surface area contributed by atoms with Crippen molar-refractivity contribution in [3.63, 3.8) is 0 Å². The summed E-state index contributed by atoms with van der Waals surface area (Å²) in [6.07, 6.45) is 10.2. The molecule has 3 aliphatic carbocycles. The van der Waals surface area contributed by atoms with Gasteiger partial charge in [-0.15, -0.1) is 0 Å². The number of esters is 1. The van der Waals surface area contributed by atoms with E-state index in [0.717, 1.165) is 51.4 Å². The average Bonchev–Trinajstić information content (AvgIpc) is 2.75. The molecule has 0 aromatic rings. The molecule has 4 heteroatoms. The third-order valence-electron chi connectivity index (χ3n) is 11.1. The van der Waals surface area contributed by atoms with Gasteiger partial charge in [0, 0.05) is 6.42 Å². The first kappa shape index (κ1) is 28.4. The maximum atomic E-state index is 12.1. The Morgan fingerprint density at radius 2 is 1.80 bits per heavy atom. The van der Waals surface area contributed by atoms with Gasteiger partial charge in [-0.05, 0) is 112 Å². The van der Waals surface area contributed by atoms with E-state index in [4.69, 9.17) is 4.74 Å². The van der Waals surface area contributed by atoms with E-state index in [1.54, 1.807) is 0 Å². The Bertz CT molecular complexity index is 833. The SMILES string of the molecule is C=C1CCC2C(C)(C)C(O)CCC2(C)C1CCC1C(C)=CCC(C(C)(C)O)C1(C)CCC(=O)OC. The lowest BCUT2D eigenvalue weighted by Crippen LogP contribution is -2.55. The summed E-state index contributed by atoms with van der Waals surface area (Å²) < 4.78 is 4.99. The monoisotopic (exact) mass is 488 g/mol. The first-order chi connectivity index (χ1) is 16.1. The Morgan fingerprint density at radius 1 is 1.17 bits per heavy atom. The zero-order valence-corrected chi connectivity index (χ0v) is 23.7. The molecule has 3 aliphatic rings. The van der Waals surface area contributed by atoms with Crippen molar-refractivity contribution in [3.8, 4) is 0 Å². The summed E-state index contributed by atoms with van der Waals surface area (Å²) in [4.78, 5) is 12.1. The van der Waals surface area contributed by atoms with E-state index in [2.05, 4.69) is 47.3 Å². The number of carbonyl (C=O) groups excluding carboxylic acids is 1. The van der Waals surface area contributed by atoms with Crippen LogP contribution in [-0.2, 0) is 9.53 Å². The van der Waals surface area contributed by atoms with Gasteiger partial charge in [-0.2, -0.15) is 0 Å². The van der Waals surface area contributed by atoms with Crippen molar-refractivity contribution in [2.24, 2.45) is 39.9 Å². The predicted octanol–water partition coefficient (Wildman–Crippen LogP) is 6.85. The van der Waals surface area contributed by atoms with Crippen LogP contribution < -0.4 is 0 Å². The van der Waals surface area contributed by atoms with E-state index in [1.165, 1.54) is 18.3 Å². The van der Waals surface area contributed by atoms with Crippen LogP contribution in [0.2, 0.25) is 0 Å². The number of aliphatic hydroxyl groups is 2. The summed E-state index contributed by atoms with van der Waals surface area (Å²) in [5.41, 5.74) is 1.83. The van der Waals surface area contributed by atoms with Gasteiger partial charge in [0.05, 0.1) is 18.8 Å². The summed E-state index contributed by atoms with van der Waals surface area (Å²) in [6.45, 7) is 19.9. The molecule has 35 heavy (non-hydrogen) atoms. The highest BCUT2D eigenvalue weighted by atomic mass is 16.5. The number of methoxy groups -OCH3 is 1. The van der Waals surface area contributed by atoms with Crippen LogP contribution in [0.5, 0.6) is 0 Å². The fraction of sp³-hybridized carbons (Fsp3) is 0.839. The normalized spacial score (nSPS) is 39.5. The standard InChI is InChI=1S/C31H52O4/c1-20-10-14-24-28(3,4)26(32)16-18-30(24,7)22(20)12-13-23-21(2)11-15-25(29(5,6)34)31(23,8)19-17-27(33)35-9/h11,22-26,32,34H,1,10,12-19H2,2-9H3. The first-order valence-electron chi connectivity index (χ1n) is 13.9. The summed E-state index contributed by atoms with van der Waals surface area (Å²) in [5, 5.41) is 22.0. The Morgan fingerprint density at radius 3 is 2.40 bits per heavy atom. The van der Waals surface area contributed by atoms with E-state index >= 15 is 0 Å². The van der Waals surface area contributed by atoms with Crippen molar-refractivity contribution in [1.82, 2.24) is 0 Å². The Kier molecular flexibility index (Phi) is 8.10. The van der Waals surface area contributed by atoms with Gasteiger partial charge in [0.15, 0.2) is 0 Å². The minimum atomic E-state index is -0.824. The summed E-state index contributed by atoms with van der Waals surface area (Å²) in [6, 6.07) is 0. The van der Waals surface area contributed by atoms with Gasteiger partial charge in [-0.25, -0.2) is 0 Å². The zero-order valence-electron chi connectivity index (χ0n) is 23.7. The smallest absolute Gasteiger partial charge is 0.305 e. The van der Waals surface area contributed by atoms with Crippen molar-refractivity contribution in [3.05, 3.63) is 23.8 Å². The average molecular weight is 489 g/mol. The number of allylic oxidation sites excluding steroid dienone is 3. The maximum absolute atomic E-state index is 12.1. The van der Waals surface area contributed by atoms with Crippen LogP contribution in [0.4, 0.5) is 0 Å². The number of hydrogen-bond donors (Lipinski definition) is 2. The minimum absolute atomic E-state index is 0.0757. The topological polar surface area (TPSA) is 66.8 Å². The molecule has 2 saturated carbocycles. The van der Waals surface area contributed by atoms with E-state index in [1.807, 2.05) is 13.8 Å². The highest BCUT2D eigenvalue weighted by Crippen LogP contribution is 2.63. The van der Waals surface area contributed by atoms with E-state index in [9.17, 15) is 15.0 Å². The molecule has 3 rings (SSSR count). The molecular formula is C31H52O4. The van der Waals surface area contributed by atoms with Gasteiger partial charge < -0.3 is 14.9 Å². The van der Waals surface area contributed by atoms with Crippen molar-refractivity contribution in [1.29, 1.82) is 0 Å². The predicted molar refractivity (Wildman–Crippen MR) is 143 cm³/mol. The number of aliphatic hydroxyl groups excluding tert-OH is 1. The molecule has 0 radical (unpaired) electrons. The molecule has 7 unspecified atom stereocenters. The molecule has 7 atom stereocenters. The number of hydrogen-bond acceptors (Lipinski definition) is 4. The van der Waals surface area contributed by atoms with Gasteiger partial charge in [0.2, 0.25) is 0 Å². The van der Waals surface area contributed by atoms with Crippen LogP contribution in [0.25, 0.3) is 0 Å². The number of carbonyl (C=O) groups is 1. The minimum Gasteiger partial charge on any atom is -0.469 e. The Labute approximate surface area is 214 Å². The molecule has 0 aromatic carbocycles. The molecule has 0 spiro atoms. The van der Waals surface area contributed by atoms with Gasteiger partial charge in [0.25, 0.3) is 0 Å². The van der Waals surface area contributed by atoms with Crippen molar-refractivity contribution in [2.75, 3.05) is 7.11 Å². The zero-order chi connectivity index (χ0) is 26.4. The summed E-state index contributed by atoms with van der Waals surface area (Å²) in [5.74, 6) is 1.14. The van der Waals surface area contributed by atoms with E-state index < -0.39 is 5.60 Å². The van der Waals surface area contributed by atoms with Crippen LogP contribution in [0.3, 0.4) is 0 Å². The van der Waals surface area contributed by atoms with Crippen LogP contribution in [0.1, 0.15) is 106 Å². The molecule has 2 N–H and O–H groups in total. The number of ether oxygens (including phenoxy) is 1. The molecule has 0 saturated heterocycles. The summed E-state index contributed by atoms with van der Waals surface area (Å²) >= 11 is 0. The molecule has 0 amide bonds. The lowest BCUT2D eigenvalue weighted by atomic mass is 9.46. The third-order valence-corrected chi connectivity index (χ3v) is 11.1. The summed E-state index contributed by atoms with van der Waals surface area (Å²) in [7, 11) is 1.45. The quantitative estimate of drug-likeness (QED) is 0.304. The fourth-order valence-electron chi connectivity index (χ4n) is 8.99. The largest absolute Gasteiger partial charge is 0.469 e. The van der Waals surface area contributed by atoms with Crippen LogP contribution in [0, 0.1) is 39.9 Å². The van der Waals surface area contributed by atoms with Crippen molar-refractivity contribution in [2.45, 2.75) is 118 Å². The van der Waals surface area contributed by atoms with Crippen molar-refractivity contribution >= 4 is 5.97 Å². The second kappa shape index (κ2) is 9.97. The van der Waals surface area contributed by atoms with Crippen LogP contribution in [0.15, 0.2) is 23.8 Å². The maximum Gasteiger partial charge on any atom is 0.305 e. The van der Waals surface area contributed by atoms with E-state index in [0.29, 0.717) is 24.2 Å². The number of rotatable bonds is 7. The van der Waals surface area contributed by atoms with Gasteiger partial charge in [-0.3, -0.25) is 4.79 Å². The van der Waals surface area contributed by atoms with Gasteiger partial charge in [-0.1, -0.05) is 51.5 Å². The van der Waals surface area contributed by atoms with Gasteiger partial charge >= 0.3 is 5.97 Å². The Hall–Kier alpha value is -1.13. The molecule has 0 aromatic heterocycles. The van der Waals surface area contributed by atoms with Gasteiger partial charge in [0.1, 0.15) is 0 Å². The highest BCUT2D eigenvalue weighted by Gasteiger charge is 2.56. The van der Waals surface area contributed by atoms with Crippen molar-refractivity contribution < 1.29 is 19.7 Å². The second-order valence-corrected chi connectivity index (χ2v) is 13.8. The fourth-order valence-corrected chi connectivity index (χ4v) is 8.99. The lowest BCUT2D eigenvalue weighted by Gasteiger charge is -2.60. The molecule has 0 heterocycles. The second-order valence-electron chi connectivity index (χ2n) is 13.8. The van der Waals surface area contributed by atoms with E-state index in [-0.39, 0.29) is 34.2 Å². The van der Waals surface area contributed by atoms with Crippen LogP contribution in [-0.4, -0.2) is 35.0 Å². The molecule has 200 valence electrons. The lowest BCUT2D eigenvalue weighted by molar-refractivity contribution is -0.143.